The first-order valence-electron chi connectivity index (χ1n) is 8.97. The number of hydrogen-bond donors (Lipinski definition) is 1. The number of aryl methyl sites for hydroxylation is 1. The van der Waals surface area contributed by atoms with Gasteiger partial charge in [0, 0.05) is 18.0 Å². The summed E-state index contributed by atoms with van der Waals surface area (Å²) >= 11 is 1.44. The fraction of sp³-hybridized carbons (Fsp3) is 0.400. The third-order valence-electron chi connectivity index (χ3n) is 4.34. The number of benzene rings is 1. The number of fused-ring (bicyclic) bond motifs is 1. The molecule has 1 aromatic carbocycles. The van der Waals surface area contributed by atoms with Crippen molar-refractivity contribution < 1.29 is 19.1 Å². The van der Waals surface area contributed by atoms with Crippen LogP contribution in [0.5, 0.6) is 5.75 Å². The van der Waals surface area contributed by atoms with E-state index in [4.69, 9.17) is 9.47 Å². The van der Waals surface area contributed by atoms with Crippen LogP contribution in [0.2, 0.25) is 0 Å². The minimum atomic E-state index is -0.380. The molecule has 1 aromatic heterocycles. The average molecular weight is 388 g/mol. The van der Waals surface area contributed by atoms with Crippen molar-refractivity contribution in [2.45, 2.75) is 26.8 Å². The van der Waals surface area contributed by atoms with Crippen LogP contribution in [-0.2, 0) is 22.5 Å². The maximum Gasteiger partial charge on any atom is 0.341 e. The number of rotatable bonds is 6. The van der Waals surface area contributed by atoms with Gasteiger partial charge in [-0.25, -0.2) is 4.79 Å². The smallest absolute Gasteiger partial charge is 0.341 e. The molecule has 1 aliphatic rings. The minimum absolute atomic E-state index is 0.117. The number of esters is 1. The number of nitrogens with one attached hydrogen (secondary N) is 1. The number of amides is 1. The van der Waals surface area contributed by atoms with Gasteiger partial charge in [0.1, 0.15) is 10.8 Å². The average Bonchev–Trinajstić information content (AvgIpc) is 2.97. The number of thiophene rings is 1. The van der Waals surface area contributed by atoms with E-state index in [0.717, 1.165) is 35.5 Å². The van der Waals surface area contributed by atoms with Gasteiger partial charge in [-0.05, 0) is 50.6 Å². The monoisotopic (exact) mass is 388 g/mol. The van der Waals surface area contributed by atoms with E-state index in [-0.39, 0.29) is 18.5 Å². The van der Waals surface area contributed by atoms with Gasteiger partial charge in [0.05, 0.1) is 12.2 Å². The van der Waals surface area contributed by atoms with E-state index in [1.54, 1.807) is 6.92 Å². The zero-order valence-corrected chi connectivity index (χ0v) is 16.6. The number of nitrogens with zero attached hydrogens (tertiary/aromatic N) is 1. The second kappa shape index (κ2) is 8.54. The number of ether oxygens (including phenoxy) is 2. The van der Waals surface area contributed by atoms with E-state index >= 15 is 0 Å². The predicted molar refractivity (Wildman–Crippen MR) is 106 cm³/mol. The molecule has 0 unspecified atom stereocenters. The van der Waals surface area contributed by atoms with Gasteiger partial charge in [-0.15, -0.1) is 11.3 Å². The van der Waals surface area contributed by atoms with E-state index in [9.17, 15) is 9.59 Å². The second-order valence-corrected chi connectivity index (χ2v) is 7.67. The number of carbonyl (C=O) groups excluding carboxylic acids is 2. The summed E-state index contributed by atoms with van der Waals surface area (Å²) in [7, 11) is 2.04. The van der Waals surface area contributed by atoms with Gasteiger partial charge in [-0.1, -0.05) is 12.1 Å². The predicted octanol–water partition coefficient (Wildman–Crippen LogP) is 3.24. The molecule has 0 bridgehead atoms. The number of likely N-dealkylation sites (N-methyl/N-ethyl adjacent to an activating group) is 1. The van der Waals surface area contributed by atoms with Gasteiger partial charge in [0.2, 0.25) is 0 Å². The first kappa shape index (κ1) is 19.4. The molecule has 7 heteroatoms. The molecule has 0 spiro atoms. The molecule has 0 saturated carbocycles. The fourth-order valence-corrected chi connectivity index (χ4v) is 4.39. The fourth-order valence-electron chi connectivity index (χ4n) is 3.06. The largest absolute Gasteiger partial charge is 0.484 e. The Bertz CT molecular complexity index is 847. The molecule has 1 amide bonds. The van der Waals surface area contributed by atoms with Crippen LogP contribution in [-0.4, -0.2) is 43.6 Å². The highest BCUT2D eigenvalue weighted by atomic mass is 32.1. The Morgan fingerprint density at radius 2 is 2.15 bits per heavy atom. The molecule has 2 heterocycles. The number of carbonyl (C=O) groups is 2. The van der Waals surface area contributed by atoms with Crippen LogP contribution in [0.4, 0.5) is 5.00 Å². The summed E-state index contributed by atoms with van der Waals surface area (Å²) < 4.78 is 10.8. The number of anilines is 1. The lowest BCUT2D eigenvalue weighted by molar-refractivity contribution is -0.118. The normalized spacial score (nSPS) is 13.7. The van der Waals surface area contributed by atoms with Gasteiger partial charge in [-0.3, -0.25) is 4.79 Å². The van der Waals surface area contributed by atoms with Gasteiger partial charge < -0.3 is 19.7 Å². The van der Waals surface area contributed by atoms with Crippen LogP contribution in [0.3, 0.4) is 0 Å². The lowest BCUT2D eigenvalue weighted by Gasteiger charge is -2.22. The van der Waals surface area contributed by atoms with Crippen LogP contribution < -0.4 is 10.1 Å². The molecule has 144 valence electrons. The Kier molecular flexibility index (Phi) is 6.13. The molecule has 1 N–H and O–H groups in total. The van der Waals surface area contributed by atoms with Crippen molar-refractivity contribution in [3.8, 4) is 5.75 Å². The summed E-state index contributed by atoms with van der Waals surface area (Å²) in [5.74, 6) is -0.0358. The first-order valence-corrected chi connectivity index (χ1v) is 9.79. The van der Waals surface area contributed by atoms with E-state index in [1.165, 1.54) is 11.3 Å². The topological polar surface area (TPSA) is 67.9 Å². The van der Waals surface area contributed by atoms with Gasteiger partial charge in [0.15, 0.2) is 6.61 Å². The zero-order valence-electron chi connectivity index (χ0n) is 15.8. The third kappa shape index (κ3) is 4.67. The lowest BCUT2D eigenvalue weighted by Crippen LogP contribution is -2.26. The van der Waals surface area contributed by atoms with Crippen molar-refractivity contribution in [3.05, 3.63) is 45.8 Å². The Morgan fingerprint density at radius 3 is 2.89 bits per heavy atom. The van der Waals surface area contributed by atoms with Crippen LogP contribution in [0.25, 0.3) is 0 Å². The molecule has 0 atom stereocenters. The zero-order chi connectivity index (χ0) is 19.4. The van der Waals surface area contributed by atoms with Crippen molar-refractivity contribution in [3.63, 3.8) is 0 Å². The van der Waals surface area contributed by atoms with E-state index < -0.39 is 0 Å². The molecule has 1 aliphatic heterocycles. The van der Waals surface area contributed by atoms with Gasteiger partial charge in [0.25, 0.3) is 5.91 Å². The molecule has 2 aromatic rings. The SMILES string of the molecule is CCOC(=O)c1c(NC(=O)COc2cccc(C)c2)sc2c1CCN(C)C2. The Morgan fingerprint density at radius 1 is 1.33 bits per heavy atom. The Balaban J connectivity index is 1.75. The van der Waals surface area contributed by atoms with Crippen LogP contribution in [0.15, 0.2) is 24.3 Å². The summed E-state index contributed by atoms with van der Waals surface area (Å²) in [6, 6.07) is 7.53. The molecule has 0 aliphatic carbocycles. The highest BCUT2D eigenvalue weighted by Crippen LogP contribution is 2.37. The molecular weight excluding hydrogens is 364 g/mol. The quantitative estimate of drug-likeness (QED) is 0.770. The van der Waals surface area contributed by atoms with Gasteiger partial charge >= 0.3 is 5.97 Å². The Hall–Kier alpha value is -2.38. The van der Waals surface area contributed by atoms with Crippen molar-refractivity contribution in [1.29, 1.82) is 0 Å². The highest BCUT2D eigenvalue weighted by Gasteiger charge is 2.28. The molecule has 6 nitrogen and oxygen atoms in total. The van der Waals surface area contributed by atoms with E-state index in [1.807, 2.05) is 38.2 Å². The first-order chi connectivity index (χ1) is 13.0. The minimum Gasteiger partial charge on any atom is -0.484 e. The summed E-state index contributed by atoms with van der Waals surface area (Å²) in [4.78, 5) is 28.1. The van der Waals surface area contributed by atoms with Crippen molar-refractivity contribution >= 4 is 28.2 Å². The van der Waals surface area contributed by atoms with E-state index in [0.29, 0.717) is 22.9 Å². The molecule has 3 rings (SSSR count). The Labute approximate surface area is 163 Å². The summed E-state index contributed by atoms with van der Waals surface area (Å²) in [5.41, 5.74) is 2.55. The maximum absolute atomic E-state index is 12.5. The number of hydrogen-bond acceptors (Lipinski definition) is 6. The molecular formula is C20H24N2O4S. The van der Waals surface area contributed by atoms with Crippen molar-refractivity contribution in [2.24, 2.45) is 0 Å². The summed E-state index contributed by atoms with van der Waals surface area (Å²) in [5, 5.41) is 3.39. The van der Waals surface area contributed by atoms with Crippen LogP contribution in [0.1, 0.15) is 33.3 Å². The highest BCUT2D eigenvalue weighted by molar-refractivity contribution is 7.17. The molecule has 0 fully saturated rings. The van der Waals surface area contributed by atoms with Crippen molar-refractivity contribution in [1.82, 2.24) is 4.90 Å². The van der Waals surface area contributed by atoms with Crippen LogP contribution in [0, 0.1) is 6.92 Å². The lowest BCUT2D eigenvalue weighted by atomic mass is 10.0. The molecule has 27 heavy (non-hydrogen) atoms. The van der Waals surface area contributed by atoms with Gasteiger partial charge in [-0.2, -0.15) is 0 Å². The standard InChI is InChI=1S/C20H24N2O4S/c1-4-25-20(24)18-15-8-9-22(3)11-16(15)27-19(18)21-17(23)12-26-14-7-5-6-13(2)10-14/h5-7,10H,4,8-9,11-12H2,1-3H3,(H,21,23). The summed E-state index contributed by atoms with van der Waals surface area (Å²) in [6.07, 6.45) is 0.770. The molecule has 0 radical (unpaired) electrons. The summed E-state index contributed by atoms with van der Waals surface area (Å²) in [6.45, 7) is 5.56. The van der Waals surface area contributed by atoms with Crippen LogP contribution >= 0.6 is 11.3 Å². The van der Waals surface area contributed by atoms with E-state index in [2.05, 4.69) is 10.2 Å². The van der Waals surface area contributed by atoms with Crippen molar-refractivity contribution in [2.75, 3.05) is 32.1 Å². The molecule has 0 saturated heterocycles. The second-order valence-electron chi connectivity index (χ2n) is 6.57. The maximum atomic E-state index is 12.5. The third-order valence-corrected chi connectivity index (χ3v) is 5.47.